The van der Waals surface area contributed by atoms with Crippen molar-refractivity contribution in [1.29, 1.82) is 0 Å². The molecule has 0 atom stereocenters. The Kier molecular flexibility index (Phi) is 3.74. The second kappa shape index (κ2) is 5.69. The molecular formula is C20H20O. The molecule has 0 radical (unpaired) electrons. The lowest BCUT2D eigenvalue weighted by Gasteiger charge is -2.37. The lowest BCUT2D eigenvalue weighted by atomic mass is 9.66. The molecule has 1 nitrogen and oxygen atoms in total. The van der Waals surface area contributed by atoms with Crippen LogP contribution in [0.3, 0.4) is 0 Å². The van der Waals surface area contributed by atoms with E-state index in [1.807, 2.05) is 0 Å². The topological polar surface area (TPSA) is 17.1 Å². The zero-order valence-corrected chi connectivity index (χ0v) is 12.4. The molecule has 1 aliphatic rings. The number of carbonyl (C=O) groups excluding carboxylic acids is 1. The monoisotopic (exact) mass is 276 g/mol. The van der Waals surface area contributed by atoms with Gasteiger partial charge >= 0.3 is 0 Å². The van der Waals surface area contributed by atoms with E-state index in [9.17, 15) is 4.79 Å². The summed E-state index contributed by atoms with van der Waals surface area (Å²) in [6.07, 6.45) is 4.90. The molecule has 0 fully saturated rings. The molecule has 0 heterocycles. The molecule has 1 aliphatic carbocycles. The van der Waals surface area contributed by atoms with Gasteiger partial charge < -0.3 is 0 Å². The van der Waals surface area contributed by atoms with Crippen molar-refractivity contribution >= 4 is 5.78 Å². The molecule has 21 heavy (non-hydrogen) atoms. The number of ketones is 1. The molecule has 0 bridgehead atoms. The maximum Gasteiger partial charge on any atom is 0.155 e. The largest absolute Gasteiger partial charge is 0.295 e. The average Bonchev–Trinajstić information content (AvgIpc) is 2.56. The van der Waals surface area contributed by atoms with E-state index in [0.717, 1.165) is 24.8 Å². The SMILES string of the molecule is CC(=O)C1=CCC(c2ccccc2)(c2ccccc2)CC1. The third-order valence-electron chi connectivity index (χ3n) is 4.62. The molecule has 0 aromatic heterocycles. The Balaban J connectivity index is 2.08. The van der Waals surface area contributed by atoms with Crippen LogP contribution in [-0.2, 0) is 10.2 Å². The minimum Gasteiger partial charge on any atom is -0.295 e. The van der Waals surface area contributed by atoms with Crippen LogP contribution >= 0.6 is 0 Å². The van der Waals surface area contributed by atoms with Gasteiger partial charge in [-0.1, -0.05) is 66.7 Å². The second-order valence-electron chi connectivity index (χ2n) is 5.80. The van der Waals surface area contributed by atoms with Crippen molar-refractivity contribution in [3.05, 3.63) is 83.4 Å². The van der Waals surface area contributed by atoms with Gasteiger partial charge in [0.1, 0.15) is 0 Å². The third-order valence-corrected chi connectivity index (χ3v) is 4.62. The fourth-order valence-corrected chi connectivity index (χ4v) is 3.37. The van der Waals surface area contributed by atoms with Gasteiger partial charge in [-0.05, 0) is 42.9 Å². The van der Waals surface area contributed by atoms with E-state index in [1.165, 1.54) is 11.1 Å². The van der Waals surface area contributed by atoms with E-state index in [4.69, 9.17) is 0 Å². The Morgan fingerprint density at radius 3 is 1.81 bits per heavy atom. The highest BCUT2D eigenvalue weighted by molar-refractivity contribution is 5.93. The van der Waals surface area contributed by atoms with Crippen molar-refractivity contribution in [3.8, 4) is 0 Å². The number of allylic oxidation sites excluding steroid dienone is 2. The number of hydrogen-bond donors (Lipinski definition) is 0. The molecule has 2 aromatic carbocycles. The van der Waals surface area contributed by atoms with Gasteiger partial charge in [-0.2, -0.15) is 0 Å². The highest BCUT2D eigenvalue weighted by Crippen LogP contribution is 2.44. The maximum atomic E-state index is 11.6. The lowest BCUT2D eigenvalue weighted by Crippen LogP contribution is -2.30. The first-order valence-corrected chi connectivity index (χ1v) is 7.53. The Morgan fingerprint density at radius 2 is 1.43 bits per heavy atom. The first-order chi connectivity index (χ1) is 10.2. The van der Waals surface area contributed by atoms with Crippen LogP contribution in [0.25, 0.3) is 0 Å². The summed E-state index contributed by atoms with van der Waals surface area (Å²) in [7, 11) is 0. The summed E-state index contributed by atoms with van der Waals surface area (Å²) in [5, 5.41) is 0. The predicted octanol–water partition coefficient (Wildman–Crippen LogP) is 4.67. The van der Waals surface area contributed by atoms with Gasteiger partial charge in [-0.25, -0.2) is 0 Å². The first-order valence-electron chi connectivity index (χ1n) is 7.53. The molecule has 3 rings (SSSR count). The molecule has 1 heteroatoms. The molecule has 0 aliphatic heterocycles. The van der Waals surface area contributed by atoms with Crippen LogP contribution in [0.5, 0.6) is 0 Å². The van der Waals surface area contributed by atoms with Gasteiger partial charge in [0.15, 0.2) is 5.78 Å². The molecule has 2 aromatic rings. The second-order valence-corrected chi connectivity index (χ2v) is 5.80. The van der Waals surface area contributed by atoms with Crippen LogP contribution in [-0.4, -0.2) is 5.78 Å². The third kappa shape index (κ3) is 2.56. The van der Waals surface area contributed by atoms with Gasteiger partial charge in [-0.3, -0.25) is 4.79 Å². The highest BCUT2D eigenvalue weighted by atomic mass is 16.1. The molecule has 0 unspecified atom stereocenters. The zero-order valence-electron chi connectivity index (χ0n) is 12.4. The van der Waals surface area contributed by atoms with Crippen molar-refractivity contribution < 1.29 is 4.79 Å². The van der Waals surface area contributed by atoms with Gasteiger partial charge in [-0.15, -0.1) is 0 Å². The molecular weight excluding hydrogens is 256 g/mol. The number of rotatable bonds is 3. The summed E-state index contributed by atoms with van der Waals surface area (Å²) in [6, 6.07) is 21.4. The van der Waals surface area contributed by atoms with Crippen LogP contribution < -0.4 is 0 Å². The van der Waals surface area contributed by atoms with E-state index in [-0.39, 0.29) is 11.2 Å². The normalized spacial score (nSPS) is 17.1. The van der Waals surface area contributed by atoms with E-state index >= 15 is 0 Å². The predicted molar refractivity (Wildman–Crippen MR) is 86.3 cm³/mol. The summed E-state index contributed by atoms with van der Waals surface area (Å²) in [6.45, 7) is 1.67. The molecule has 0 N–H and O–H groups in total. The number of carbonyl (C=O) groups is 1. The standard InChI is InChI=1S/C20H20O/c1-16(21)17-12-14-20(15-13-17,18-8-4-2-5-9-18)19-10-6-3-7-11-19/h2-12H,13-15H2,1H3. The van der Waals surface area contributed by atoms with Crippen LogP contribution in [0.2, 0.25) is 0 Å². The summed E-state index contributed by atoms with van der Waals surface area (Å²) in [5.74, 6) is 0.213. The van der Waals surface area contributed by atoms with E-state index in [1.54, 1.807) is 6.92 Å². The Labute approximate surface area is 126 Å². The number of Topliss-reactive ketones (excluding diaryl/α,β-unsaturated/α-hetero) is 1. The molecule has 0 amide bonds. The summed E-state index contributed by atoms with van der Waals surface area (Å²) in [4.78, 5) is 11.6. The van der Waals surface area contributed by atoms with Crippen molar-refractivity contribution in [3.63, 3.8) is 0 Å². The van der Waals surface area contributed by atoms with Crippen molar-refractivity contribution in [1.82, 2.24) is 0 Å². The fraction of sp³-hybridized carbons (Fsp3) is 0.250. The van der Waals surface area contributed by atoms with E-state index in [0.29, 0.717) is 0 Å². The first kappa shape index (κ1) is 13.8. The smallest absolute Gasteiger partial charge is 0.155 e. The summed E-state index contributed by atoms with van der Waals surface area (Å²) >= 11 is 0. The Bertz CT molecular complexity index is 613. The minimum atomic E-state index is 0.00146. The van der Waals surface area contributed by atoms with Crippen LogP contribution in [0.4, 0.5) is 0 Å². The van der Waals surface area contributed by atoms with Crippen molar-refractivity contribution in [2.45, 2.75) is 31.6 Å². The summed E-state index contributed by atoms with van der Waals surface area (Å²) < 4.78 is 0. The van der Waals surface area contributed by atoms with Gasteiger partial charge in [0.2, 0.25) is 0 Å². The van der Waals surface area contributed by atoms with Gasteiger partial charge in [0.05, 0.1) is 0 Å². The molecule has 106 valence electrons. The van der Waals surface area contributed by atoms with Crippen molar-refractivity contribution in [2.24, 2.45) is 0 Å². The highest BCUT2D eigenvalue weighted by Gasteiger charge is 2.35. The van der Waals surface area contributed by atoms with Crippen LogP contribution in [0, 0.1) is 0 Å². The minimum absolute atomic E-state index is 0.00146. The van der Waals surface area contributed by atoms with Crippen LogP contribution in [0.1, 0.15) is 37.3 Å². The van der Waals surface area contributed by atoms with Crippen molar-refractivity contribution in [2.75, 3.05) is 0 Å². The van der Waals surface area contributed by atoms with E-state index < -0.39 is 0 Å². The Hall–Kier alpha value is -2.15. The average molecular weight is 276 g/mol. The van der Waals surface area contributed by atoms with E-state index in [2.05, 4.69) is 66.7 Å². The molecule has 0 spiro atoms. The fourth-order valence-electron chi connectivity index (χ4n) is 3.37. The number of benzene rings is 2. The molecule has 0 saturated heterocycles. The molecule has 0 saturated carbocycles. The Morgan fingerprint density at radius 1 is 0.905 bits per heavy atom. The number of hydrogen-bond acceptors (Lipinski definition) is 1. The summed E-state index contributed by atoms with van der Waals surface area (Å²) in [5.41, 5.74) is 3.67. The maximum absolute atomic E-state index is 11.6. The van der Waals surface area contributed by atoms with Crippen LogP contribution in [0.15, 0.2) is 72.3 Å². The quantitative estimate of drug-likeness (QED) is 0.796. The van der Waals surface area contributed by atoms with Gasteiger partial charge in [0, 0.05) is 5.41 Å². The lowest BCUT2D eigenvalue weighted by molar-refractivity contribution is -0.113. The zero-order chi connectivity index (χ0) is 14.7. The van der Waals surface area contributed by atoms with Gasteiger partial charge in [0.25, 0.3) is 0 Å².